The number of carbonyl (C=O) groups is 1. The molecule has 1 amide bonds. The summed E-state index contributed by atoms with van der Waals surface area (Å²) >= 11 is 0. The Morgan fingerprint density at radius 2 is 2.25 bits per heavy atom. The number of aromatic nitrogens is 3. The molecule has 0 aromatic carbocycles. The standard InChI is InChI=1S/C18H26N4O2/c1-5-22-13(8-9-20-22)11-19-17(23)16-14-10-12(18(2,3)4)6-7-15(14)24-21-16/h8-9,12H,5-7,10-11H2,1-4H3,(H,19,23). The van der Waals surface area contributed by atoms with Crippen molar-refractivity contribution >= 4 is 5.91 Å². The number of nitrogens with zero attached hydrogens (tertiary/aromatic N) is 3. The van der Waals surface area contributed by atoms with E-state index in [-0.39, 0.29) is 11.3 Å². The van der Waals surface area contributed by atoms with Crippen molar-refractivity contribution in [3.8, 4) is 0 Å². The summed E-state index contributed by atoms with van der Waals surface area (Å²) in [6, 6.07) is 1.91. The van der Waals surface area contributed by atoms with E-state index in [9.17, 15) is 4.79 Å². The number of aryl methyl sites for hydroxylation is 2. The van der Waals surface area contributed by atoms with Crippen molar-refractivity contribution in [2.24, 2.45) is 11.3 Å². The Bertz CT molecular complexity index is 724. The number of amides is 1. The lowest BCUT2D eigenvalue weighted by Crippen LogP contribution is -2.29. The molecule has 130 valence electrons. The highest BCUT2D eigenvalue weighted by molar-refractivity contribution is 5.93. The number of nitrogens with one attached hydrogen (secondary N) is 1. The second kappa shape index (κ2) is 6.42. The minimum Gasteiger partial charge on any atom is -0.360 e. The third-order valence-electron chi connectivity index (χ3n) is 5.01. The van der Waals surface area contributed by atoms with Crippen LogP contribution in [-0.2, 0) is 25.9 Å². The first-order chi connectivity index (χ1) is 11.4. The molecule has 2 aromatic heterocycles. The number of hydrogen-bond acceptors (Lipinski definition) is 4. The molecule has 1 unspecified atom stereocenters. The van der Waals surface area contributed by atoms with E-state index in [2.05, 4.69) is 36.3 Å². The van der Waals surface area contributed by atoms with Gasteiger partial charge in [-0.2, -0.15) is 5.10 Å². The van der Waals surface area contributed by atoms with Crippen molar-refractivity contribution in [3.05, 3.63) is 35.0 Å². The number of rotatable bonds is 4. The number of carbonyl (C=O) groups excluding carboxylic acids is 1. The molecule has 1 N–H and O–H groups in total. The van der Waals surface area contributed by atoms with Crippen LogP contribution in [0.15, 0.2) is 16.8 Å². The van der Waals surface area contributed by atoms with Crippen molar-refractivity contribution in [3.63, 3.8) is 0 Å². The first-order valence-corrected chi connectivity index (χ1v) is 8.66. The zero-order valence-electron chi connectivity index (χ0n) is 14.9. The molecule has 6 heteroatoms. The van der Waals surface area contributed by atoms with Gasteiger partial charge in [0.15, 0.2) is 5.69 Å². The summed E-state index contributed by atoms with van der Waals surface area (Å²) in [5.41, 5.74) is 2.64. The number of hydrogen-bond donors (Lipinski definition) is 1. The fourth-order valence-electron chi connectivity index (χ4n) is 3.37. The highest BCUT2D eigenvalue weighted by atomic mass is 16.5. The van der Waals surface area contributed by atoms with E-state index in [1.165, 1.54) is 0 Å². The summed E-state index contributed by atoms with van der Waals surface area (Å²) in [6.07, 6.45) is 4.55. The maximum Gasteiger partial charge on any atom is 0.274 e. The van der Waals surface area contributed by atoms with Crippen LogP contribution in [0.25, 0.3) is 0 Å². The summed E-state index contributed by atoms with van der Waals surface area (Å²) in [6.45, 7) is 10.0. The summed E-state index contributed by atoms with van der Waals surface area (Å²) in [5.74, 6) is 1.25. The van der Waals surface area contributed by atoms with Crippen LogP contribution in [0, 0.1) is 11.3 Å². The predicted octanol–water partition coefficient (Wildman–Crippen LogP) is 2.97. The minimum atomic E-state index is -0.168. The third-order valence-corrected chi connectivity index (χ3v) is 5.01. The Morgan fingerprint density at radius 3 is 2.96 bits per heavy atom. The minimum absolute atomic E-state index is 0.168. The molecule has 6 nitrogen and oxygen atoms in total. The van der Waals surface area contributed by atoms with Gasteiger partial charge in [0.05, 0.1) is 12.2 Å². The Balaban J connectivity index is 1.72. The molecular formula is C18H26N4O2. The Labute approximate surface area is 142 Å². The van der Waals surface area contributed by atoms with Crippen LogP contribution in [0.2, 0.25) is 0 Å². The van der Waals surface area contributed by atoms with Crippen molar-refractivity contribution in [1.29, 1.82) is 0 Å². The van der Waals surface area contributed by atoms with Gasteiger partial charge in [-0.1, -0.05) is 25.9 Å². The molecule has 1 atom stereocenters. The van der Waals surface area contributed by atoms with Crippen LogP contribution in [0.3, 0.4) is 0 Å². The molecule has 1 aliphatic rings. The Hall–Kier alpha value is -2.11. The zero-order valence-corrected chi connectivity index (χ0v) is 14.9. The summed E-state index contributed by atoms with van der Waals surface area (Å²) in [7, 11) is 0. The van der Waals surface area contributed by atoms with Crippen molar-refractivity contribution in [2.45, 2.75) is 60.0 Å². The molecule has 0 spiro atoms. The molecular weight excluding hydrogens is 304 g/mol. The van der Waals surface area contributed by atoms with E-state index < -0.39 is 0 Å². The van der Waals surface area contributed by atoms with Gasteiger partial charge in [-0.05, 0) is 37.2 Å². The topological polar surface area (TPSA) is 73.0 Å². The maximum atomic E-state index is 12.6. The van der Waals surface area contributed by atoms with E-state index in [0.29, 0.717) is 18.2 Å². The average Bonchev–Trinajstić information content (AvgIpc) is 3.17. The monoisotopic (exact) mass is 330 g/mol. The van der Waals surface area contributed by atoms with Crippen LogP contribution in [0.4, 0.5) is 0 Å². The van der Waals surface area contributed by atoms with Crippen LogP contribution in [0.1, 0.15) is 61.6 Å². The zero-order chi connectivity index (χ0) is 17.3. The summed E-state index contributed by atoms with van der Waals surface area (Å²) < 4.78 is 7.29. The van der Waals surface area contributed by atoms with E-state index in [4.69, 9.17) is 4.52 Å². The fraction of sp³-hybridized carbons (Fsp3) is 0.611. The van der Waals surface area contributed by atoms with Gasteiger partial charge >= 0.3 is 0 Å². The van der Waals surface area contributed by atoms with E-state index in [0.717, 1.165) is 42.8 Å². The predicted molar refractivity (Wildman–Crippen MR) is 90.5 cm³/mol. The lowest BCUT2D eigenvalue weighted by molar-refractivity contribution is 0.0939. The van der Waals surface area contributed by atoms with Crippen molar-refractivity contribution in [2.75, 3.05) is 0 Å². The molecule has 0 radical (unpaired) electrons. The highest BCUT2D eigenvalue weighted by Gasteiger charge is 2.34. The first kappa shape index (κ1) is 16.7. The smallest absolute Gasteiger partial charge is 0.274 e. The first-order valence-electron chi connectivity index (χ1n) is 8.66. The Morgan fingerprint density at radius 1 is 1.46 bits per heavy atom. The lowest BCUT2D eigenvalue weighted by atomic mass is 9.71. The van der Waals surface area contributed by atoms with Gasteiger partial charge in [0.2, 0.25) is 0 Å². The van der Waals surface area contributed by atoms with E-state index >= 15 is 0 Å². The molecule has 2 aromatic rings. The molecule has 1 aliphatic carbocycles. The molecule has 0 aliphatic heterocycles. The molecule has 0 saturated heterocycles. The largest absolute Gasteiger partial charge is 0.360 e. The van der Waals surface area contributed by atoms with Crippen LogP contribution >= 0.6 is 0 Å². The maximum absolute atomic E-state index is 12.6. The van der Waals surface area contributed by atoms with Crippen molar-refractivity contribution in [1.82, 2.24) is 20.3 Å². The molecule has 3 rings (SSSR count). The van der Waals surface area contributed by atoms with E-state index in [1.54, 1.807) is 6.20 Å². The SMILES string of the molecule is CCn1nccc1CNC(=O)c1noc2c1CC(C(C)(C)C)CC2. The molecule has 2 heterocycles. The van der Waals surface area contributed by atoms with Gasteiger partial charge in [0.1, 0.15) is 5.76 Å². The fourth-order valence-corrected chi connectivity index (χ4v) is 3.37. The van der Waals surface area contributed by atoms with Crippen LogP contribution in [0.5, 0.6) is 0 Å². The molecule has 0 saturated carbocycles. The van der Waals surface area contributed by atoms with Gasteiger partial charge in [-0.3, -0.25) is 9.48 Å². The van der Waals surface area contributed by atoms with Crippen LogP contribution in [-0.4, -0.2) is 20.8 Å². The average molecular weight is 330 g/mol. The van der Waals surface area contributed by atoms with E-state index in [1.807, 2.05) is 17.7 Å². The van der Waals surface area contributed by atoms with Crippen molar-refractivity contribution < 1.29 is 9.32 Å². The molecule has 0 bridgehead atoms. The van der Waals surface area contributed by atoms with Gasteiger partial charge in [-0.25, -0.2) is 0 Å². The summed E-state index contributed by atoms with van der Waals surface area (Å²) in [4.78, 5) is 12.6. The third kappa shape index (κ3) is 3.23. The number of fused-ring (bicyclic) bond motifs is 1. The second-order valence-electron chi connectivity index (χ2n) is 7.56. The second-order valence-corrected chi connectivity index (χ2v) is 7.56. The lowest BCUT2D eigenvalue weighted by Gasteiger charge is -2.33. The molecule has 0 fully saturated rings. The Kier molecular flexibility index (Phi) is 4.47. The van der Waals surface area contributed by atoms with Crippen LogP contribution < -0.4 is 5.32 Å². The van der Waals surface area contributed by atoms with Gasteiger partial charge in [0, 0.05) is 24.7 Å². The van der Waals surface area contributed by atoms with Gasteiger partial charge in [0.25, 0.3) is 5.91 Å². The van der Waals surface area contributed by atoms with Gasteiger partial charge < -0.3 is 9.84 Å². The van der Waals surface area contributed by atoms with Gasteiger partial charge in [-0.15, -0.1) is 0 Å². The quantitative estimate of drug-likeness (QED) is 0.935. The normalized spacial score (nSPS) is 17.6. The summed E-state index contributed by atoms with van der Waals surface area (Å²) in [5, 5.41) is 11.2. The highest BCUT2D eigenvalue weighted by Crippen LogP contribution is 2.38. The molecule has 24 heavy (non-hydrogen) atoms.